The van der Waals surface area contributed by atoms with Gasteiger partial charge in [0.2, 0.25) is 5.91 Å². The summed E-state index contributed by atoms with van der Waals surface area (Å²) in [6, 6.07) is 0. The summed E-state index contributed by atoms with van der Waals surface area (Å²) in [4.78, 5) is 26.8. The molecule has 0 bridgehead atoms. The van der Waals surface area contributed by atoms with Crippen molar-refractivity contribution in [2.45, 2.75) is 32.8 Å². The highest BCUT2D eigenvalue weighted by Crippen LogP contribution is 2.25. The minimum absolute atomic E-state index is 0.175. The van der Waals surface area contributed by atoms with Crippen molar-refractivity contribution in [2.75, 3.05) is 39.3 Å². The first-order chi connectivity index (χ1) is 9.77. The molecule has 6 nitrogen and oxygen atoms in total. The molecule has 0 spiro atoms. The molecule has 0 aromatic carbocycles. The molecule has 2 unspecified atom stereocenters. The Morgan fingerprint density at radius 3 is 2.33 bits per heavy atom. The molecule has 2 atom stereocenters. The van der Waals surface area contributed by atoms with Crippen molar-refractivity contribution in [3.63, 3.8) is 0 Å². The van der Waals surface area contributed by atoms with Gasteiger partial charge in [0, 0.05) is 26.2 Å². The fraction of sp³-hybridized carbons (Fsp3) is 0.867. The van der Waals surface area contributed by atoms with Crippen LogP contribution in [0, 0.1) is 11.8 Å². The fourth-order valence-corrected chi connectivity index (χ4v) is 3.50. The average Bonchev–Trinajstić information content (AvgIpc) is 2.33. The number of likely N-dealkylation sites (tertiary alicyclic amines) is 2. The van der Waals surface area contributed by atoms with Crippen molar-refractivity contribution in [1.29, 1.82) is 0 Å². The van der Waals surface area contributed by atoms with Gasteiger partial charge in [0.25, 0.3) is 0 Å². The Balaban J connectivity index is 1.74. The van der Waals surface area contributed by atoms with E-state index in [1.807, 2.05) is 16.7 Å². The molecule has 6 heteroatoms. The van der Waals surface area contributed by atoms with Crippen molar-refractivity contribution >= 4 is 11.9 Å². The van der Waals surface area contributed by atoms with E-state index in [9.17, 15) is 9.59 Å². The van der Waals surface area contributed by atoms with Crippen molar-refractivity contribution in [3.05, 3.63) is 0 Å². The van der Waals surface area contributed by atoms with Gasteiger partial charge in [0.15, 0.2) is 0 Å². The predicted molar refractivity (Wildman–Crippen MR) is 78.0 cm³/mol. The molecular formula is C15H26N2O4. The van der Waals surface area contributed by atoms with Crippen LogP contribution in [-0.4, -0.2) is 71.7 Å². The summed E-state index contributed by atoms with van der Waals surface area (Å²) in [6.07, 6.45) is 1.19. The summed E-state index contributed by atoms with van der Waals surface area (Å²) in [5.74, 6) is 0.354. The van der Waals surface area contributed by atoms with E-state index < -0.39 is 11.6 Å². The highest BCUT2D eigenvalue weighted by Gasteiger charge is 2.41. The number of carboxylic acid groups (broad SMARTS) is 1. The monoisotopic (exact) mass is 298 g/mol. The Morgan fingerprint density at radius 1 is 1.24 bits per heavy atom. The minimum atomic E-state index is -0.956. The SMILES string of the molecule is CC1CC(C)CN(C(=O)CN2CC(C)(OCC(=O)O)C2)C1. The lowest BCUT2D eigenvalue weighted by atomic mass is 9.91. The second kappa shape index (κ2) is 6.32. The zero-order valence-electron chi connectivity index (χ0n) is 13.2. The van der Waals surface area contributed by atoms with E-state index >= 15 is 0 Å². The normalized spacial score (nSPS) is 29.0. The third kappa shape index (κ3) is 4.41. The van der Waals surface area contributed by atoms with Gasteiger partial charge in [0.1, 0.15) is 6.61 Å². The number of carboxylic acids is 1. The van der Waals surface area contributed by atoms with Gasteiger partial charge in [0.05, 0.1) is 12.1 Å². The number of rotatable bonds is 5. The molecule has 2 rings (SSSR count). The van der Waals surface area contributed by atoms with E-state index in [1.165, 1.54) is 6.42 Å². The Labute approximate surface area is 126 Å². The highest BCUT2D eigenvalue weighted by molar-refractivity contribution is 5.78. The first kappa shape index (κ1) is 16.2. The van der Waals surface area contributed by atoms with Gasteiger partial charge in [-0.15, -0.1) is 0 Å². The Morgan fingerprint density at radius 2 is 1.81 bits per heavy atom. The molecule has 0 saturated carbocycles. The third-order valence-corrected chi connectivity index (χ3v) is 4.24. The number of carbonyl (C=O) groups is 2. The molecule has 0 aromatic heterocycles. The fourth-order valence-electron chi connectivity index (χ4n) is 3.50. The van der Waals surface area contributed by atoms with E-state index in [-0.39, 0.29) is 12.5 Å². The molecule has 0 radical (unpaired) electrons. The van der Waals surface area contributed by atoms with Crippen LogP contribution >= 0.6 is 0 Å². The van der Waals surface area contributed by atoms with Crippen LogP contribution in [0.25, 0.3) is 0 Å². The molecule has 1 N–H and O–H groups in total. The second-order valence-corrected chi connectivity index (χ2v) is 7.02. The number of amides is 1. The van der Waals surface area contributed by atoms with E-state index in [0.29, 0.717) is 31.5 Å². The van der Waals surface area contributed by atoms with Gasteiger partial charge >= 0.3 is 5.97 Å². The van der Waals surface area contributed by atoms with Gasteiger partial charge in [-0.05, 0) is 25.2 Å². The van der Waals surface area contributed by atoms with Gasteiger partial charge in [-0.25, -0.2) is 4.79 Å². The number of hydrogen-bond acceptors (Lipinski definition) is 4. The average molecular weight is 298 g/mol. The summed E-state index contributed by atoms with van der Waals surface area (Å²) in [6.45, 7) is 9.34. The Hall–Kier alpha value is -1.14. The lowest BCUT2D eigenvalue weighted by Gasteiger charge is -2.47. The van der Waals surface area contributed by atoms with E-state index in [4.69, 9.17) is 9.84 Å². The maximum Gasteiger partial charge on any atom is 0.329 e. The number of hydrogen-bond donors (Lipinski definition) is 1. The molecule has 0 aromatic rings. The van der Waals surface area contributed by atoms with Gasteiger partial charge < -0.3 is 14.7 Å². The molecule has 2 fully saturated rings. The summed E-state index contributed by atoms with van der Waals surface area (Å²) in [7, 11) is 0. The lowest BCUT2D eigenvalue weighted by Crippen LogP contribution is -2.63. The molecule has 2 aliphatic heterocycles. The zero-order chi connectivity index (χ0) is 15.6. The summed E-state index contributed by atoms with van der Waals surface area (Å²) in [5.41, 5.74) is -0.429. The minimum Gasteiger partial charge on any atom is -0.480 e. The maximum absolute atomic E-state index is 12.3. The Kier molecular flexibility index (Phi) is 4.88. The molecule has 2 heterocycles. The van der Waals surface area contributed by atoms with E-state index in [1.54, 1.807) is 0 Å². The second-order valence-electron chi connectivity index (χ2n) is 7.02. The van der Waals surface area contributed by atoms with Crippen molar-refractivity contribution < 1.29 is 19.4 Å². The first-order valence-corrected chi connectivity index (χ1v) is 7.63. The van der Waals surface area contributed by atoms with Crippen molar-refractivity contribution in [3.8, 4) is 0 Å². The van der Waals surface area contributed by atoms with E-state index in [0.717, 1.165) is 13.1 Å². The molecular weight excluding hydrogens is 272 g/mol. The Bertz CT molecular complexity index is 396. The number of ether oxygens (including phenoxy) is 1. The van der Waals surface area contributed by atoms with Gasteiger partial charge in [-0.2, -0.15) is 0 Å². The standard InChI is InChI=1S/C15H26N2O4/c1-11-4-12(2)6-17(5-11)13(18)7-16-9-15(3,10-16)21-8-14(19)20/h11-12H,4-10H2,1-3H3,(H,19,20). The maximum atomic E-state index is 12.3. The van der Waals surface area contributed by atoms with Crippen LogP contribution in [0.5, 0.6) is 0 Å². The van der Waals surface area contributed by atoms with Crippen molar-refractivity contribution in [2.24, 2.45) is 11.8 Å². The van der Waals surface area contributed by atoms with Gasteiger partial charge in [-0.1, -0.05) is 13.8 Å². The first-order valence-electron chi connectivity index (χ1n) is 7.63. The summed E-state index contributed by atoms with van der Waals surface area (Å²) < 4.78 is 5.35. The van der Waals surface area contributed by atoms with Crippen LogP contribution in [-0.2, 0) is 14.3 Å². The van der Waals surface area contributed by atoms with Crippen LogP contribution in [0.2, 0.25) is 0 Å². The molecule has 2 aliphatic rings. The summed E-state index contributed by atoms with van der Waals surface area (Å²) in [5, 5.41) is 8.63. The molecule has 120 valence electrons. The number of aliphatic carboxylic acids is 1. The highest BCUT2D eigenvalue weighted by atomic mass is 16.5. The van der Waals surface area contributed by atoms with Crippen LogP contribution in [0.15, 0.2) is 0 Å². The number of carbonyl (C=O) groups excluding carboxylic acids is 1. The molecule has 21 heavy (non-hydrogen) atoms. The summed E-state index contributed by atoms with van der Waals surface area (Å²) >= 11 is 0. The van der Waals surface area contributed by atoms with E-state index in [2.05, 4.69) is 13.8 Å². The van der Waals surface area contributed by atoms with Gasteiger partial charge in [-0.3, -0.25) is 9.69 Å². The van der Waals surface area contributed by atoms with Crippen LogP contribution < -0.4 is 0 Å². The van der Waals surface area contributed by atoms with Crippen molar-refractivity contribution in [1.82, 2.24) is 9.80 Å². The topological polar surface area (TPSA) is 70.1 Å². The largest absolute Gasteiger partial charge is 0.480 e. The number of nitrogens with zero attached hydrogens (tertiary/aromatic N) is 2. The molecule has 2 saturated heterocycles. The quantitative estimate of drug-likeness (QED) is 0.808. The molecule has 0 aliphatic carbocycles. The lowest BCUT2D eigenvalue weighted by molar-refractivity contribution is -0.168. The third-order valence-electron chi connectivity index (χ3n) is 4.24. The predicted octanol–water partition coefficient (Wildman–Crippen LogP) is 0.666. The molecule has 1 amide bonds. The van der Waals surface area contributed by atoms with Crippen LogP contribution in [0.1, 0.15) is 27.2 Å². The zero-order valence-corrected chi connectivity index (χ0v) is 13.2. The number of piperidine rings is 1. The smallest absolute Gasteiger partial charge is 0.329 e. The van der Waals surface area contributed by atoms with Crippen LogP contribution in [0.3, 0.4) is 0 Å². The van der Waals surface area contributed by atoms with Crippen LogP contribution in [0.4, 0.5) is 0 Å².